The van der Waals surface area contributed by atoms with Gasteiger partial charge in [-0.25, -0.2) is 0 Å². The molecule has 0 saturated heterocycles. The van der Waals surface area contributed by atoms with Crippen LogP contribution in [0.3, 0.4) is 0 Å². The highest BCUT2D eigenvalue weighted by Gasteiger charge is 2.08. The number of hydrogen-bond donors (Lipinski definition) is 2. The lowest BCUT2D eigenvalue weighted by Gasteiger charge is -2.13. The van der Waals surface area contributed by atoms with E-state index >= 15 is 0 Å². The Labute approximate surface area is 113 Å². The van der Waals surface area contributed by atoms with Crippen molar-refractivity contribution in [3.8, 4) is 11.5 Å². The lowest BCUT2D eigenvalue weighted by molar-refractivity contribution is -0.137. The van der Waals surface area contributed by atoms with E-state index in [4.69, 9.17) is 14.6 Å². The van der Waals surface area contributed by atoms with Gasteiger partial charge in [0.15, 0.2) is 11.5 Å². The molecular weight excluding hydrogens is 246 g/mol. The van der Waals surface area contributed by atoms with Gasteiger partial charge in [-0.15, -0.1) is 0 Å². The lowest BCUT2D eigenvalue weighted by Crippen LogP contribution is -2.16. The monoisotopic (exact) mass is 267 g/mol. The highest BCUT2D eigenvalue weighted by Crippen LogP contribution is 2.30. The second kappa shape index (κ2) is 7.63. The quantitative estimate of drug-likeness (QED) is 0.705. The minimum absolute atomic E-state index is 0.192. The fraction of sp³-hybridized carbons (Fsp3) is 0.500. The molecule has 0 amide bonds. The van der Waals surface area contributed by atoms with Crippen molar-refractivity contribution < 1.29 is 19.4 Å². The zero-order chi connectivity index (χ0) is 14.3. The van der Waals surface area contributed by atoms with Crippen molar-refractivity contribution in [3.05, 3.63) is 23.3 Å². The first-order valence-corrected chi connectivity index (χ1v) is 6.22. The number of rotatable bonds is 8. The fourth-order valence-corrected chi connectivity index (χ4v) is 1.80. The second-order valence-electron chi connectivity index (χ2n) is 4.31. The van der Waals surface area contributed by atoms with Crippen LogP contribution in [-0.2, 0) is 11.3 Å². The third-order valence-corrected chi connectivity index (χ3v) is 2.90. The zero-order valence-corrected chi connectivity index (χ0v) is 11.7. The third-order valence-electron chi connectivity index (χ3n) is 2.90. The maximum atomic E-state index is 10.4. The summed E-state index contributed by atoms with van der Waals surface area (Å²) in [5.74, 6) is 0.661. The number of methoxy groups -OCH3 is 2. The van der Waals surface area contributed by atoms with Crippen LogP contribution in [-0.4, -0.2) is 31.8 Å². The summed E-state index contributed by atoms with van der Waals surface area (Å²) in [6.45, 7) is 3.38. The van der Waals surface area contributed by atoms with Gasteiger partial charge in [-0.05, 0) is 43.1 Å². The van der Waals surface area contributed by atoms with Crippen LogP contribution >= 0.6 is 0 Å². The van der Waals surface area contributed by atoms with E-state index in [-0.39, 0.29) is 6.42 Å². The average Bonchev–Trinajstić information content (AvgIpc) is 2.39. The normalized spacial score (nSPS) is 10.3. The molecule has 1 aromatic rings. The fourth-order valence-electron chi connectivity index (χ4n) is 1.80. The first kappa shape index (κ1) is 15.3. The highest BCUT2D eigenvalue weighted by molar-refractivity contribution is 5.66. The number of carbonyl (C=O) groups is 1. The first-order valence-electron chi connectivity index (χ1n) is 6.22. The predicted molar refractivity (Wildman–Crippen MR) is 72.9 cm³/mol. The molecule has 106 valence electrons. The van der Waals surface area contributed by atoms with Gasteiger partial charge in [0.1, 0.15) is 0 Å². The standard InChI is InChI=1S/C14H21NO4/c1-10-7-12(18-2)13(19-3)8-11(10)9-15-6-4-5-14(16)17/h7-8,15H,4-6,9H2,1-3H3,(H,16,17). The van der Waals surface area contributed by atoms with E-state index in [0.717, 1.165) is 16.9 Å². The van der Waals surface area contributed by atoms with E-state index in [1.165, 1.54) is 0 Å². The van der Waals surface area contributed by atoms with Crippen LogP contribution in [0.25, 0.3) is 0 Å². The third kappa shape index (κ3) is 4.79. The predicted octanol–water partition coefficient (Wildman–Crippen LogP) is 1.97. The van der Waals surface area contributed by atoms with Crippen LogP contribution in [0, 0.1) is 6.92 Å². The lowest BCUT2D eigenvalue weighted by atomic mass is 10.1. The summed E-state index contributed by atoms with van der Waals surface area (Å²) in [5, 5.41) is 11.8. The van der Waals surface area contributed by atoms with E-state index in [9.17, 15) is 4.79 Å². The van der Waals surface area contributed by atoms with Crippen molar-refractivity contribution in [1.82, 2.24) is 5.32 Å². The summed E-state index contributed by atoms with van der Waals surface area (Å²) in [4.78, 5) is 10.4. The van der Waals surface area contributed by atoms with Crippen LogP contribution in [0.1, 0.15) is 24.0 Å². The molecule has 0 aliphatic carbocycles. The largest absolute Gasteiger partial charge is 0.493 e. The van der Waals surface area contributed by atoms with Crippen molar-refractivity contribution in [3.63, 3.8) is 0 Å². The van der Waals surface area contributed by atoms with Crippen LogP contribution in [0.4, 0.5) is 0 Å². The molecule has 0 atom stereocenters. The number of nitrogens with one attached hydrogen (secondary N) is 1. The molecule has 0 fully saturated rings. The topological polar surface area (TPSA) is 67.8 Å². The van der Waals surface area contributed by atoms with Gasteiger partial charge in [0.25, 0.3) is 0 Å². The number of carboxylic acids is 1. The second-order valence-corrected chi connectivity index (χ2v) is 4.31. The molecule has 5 nitrogen and oxygen atoms in total. The molecule has 5 heteroatoms. The maximum absolute atomic E-state index is 10.4. The van der Waals surface area contributed by atoms with Gasteiger partial charge >= 0.3 is 5.97 Å². The molecule has 1 aromatic carbocycles. The van der Waals surface area contributed by atoms with Gasteiger partial charge in [0.05, 0.1) is 14.2 Å². The van der Waals surface area contributed by atoms with Crippen molar-refractivity contribution >= 4 is 5.97 Å². The van der Waals surface area contributed by atoms with E-state index in [0.29, 0.717) is 25.3 Å². The van der Waals surface area contributed by atoms with E-state index in [2.05, 4.69) is 5.32 Å². The molecule has 0 heterocycles. The molecule has 19 heavy (non-hydrogen) atoms. The van der Waals surface area contributed by atoms with Crippen molar-refractivity contribution in [2.75, 3.05) is 20.8 Å². The summed E-state index contributed by atoms with van der Waals surface area (Å²) in [7, 11) is 3.22. The molecular formula is C14H21NO4. The molecule has 0 unspecified atom stereocenters. The van der Waals surface area contributed by atoms with Crippen molar-refractivity contribution in [1.29, 1.82) is 0 Å². The zero-order valence-electron chi connectivity index (χ0n) is 11.7. The van der Waals surface area contributed by atoms with Gasteiger partial charge in [-0.3, -0.25) is 4.79 Å². The van der Waals surface area contributed by atoms with Gasteiger partial charge < -0.3 is 19.9 Å². The molecule has 0 aliphatic heterocycles. The summed E-state index contributed by atoms with van der Waals surface area (Å²) >= 11 is 0. The summed E-state index contributed by atoms with van der Waals surface area (Å²) in [6.07, 6.45) is 0.819. The van der Waals surface area contributed by atoms with Gasteiger partial charge in [0, 0.05) is 13.0 Å². The Morgan fingerprint density at radius 3 is 2.47 bits per heavy atom. The molecule has 0 spiro atoms. The Kier molecular flexibility index (Phi) is 6.15. The summed E-state index contributed by atoms with van der Waals surface area (Å²) in [5.41, 5.74) is 2.23. The Morgan fingerprint density at radius 1 is 1.26 bits per heavy atom. The molecule has 1 rings (SSSR count). The smallest absolute Gasteiger partial charge is 0.303 e. The number of aliphatic carboxylic acids is 1. The number of carboxylic acid groups (broad SMARTS) is 1. The maximum Gasteiger partial charge on any atom is 0.303 e. The first-order chi connectivity index (χ1) is 9.08. The number of aryl methyl sites for hydroxylation is 1. The number of ether oxygens (including phenoxy) is 2. The Bertz CT molecular complexity index is 432. The molecule has 0 saturated carbocycles. The van der Waals surface area contributed by atoms with Crippen LogP contribution in [0.15, 0.2) is 12.1 Å². The van der Waals surface area contributed by atoms with E-state index < -0.39 is 5.97 Å². The van der Waals surface area contributed by atoms with E-state index in [1.807, 2.05) is 19.1 Å². The molecule has 0 bridgehead atoms. The highest BCUT2D eigenvalue weighted by atomic mass is 16.5. The van der Waals surface area contributed by atoms with Gasteiger partial charge in [-0.1, -0.05) is 0 Å². The van der Waals surface area contributed by atoms with Gasteiger partial charge in [0.2, 0.25) is 0 Å². The number of hydrogen-bond acceptors (Lipinski definition) is 4. The summed E-state index contributed by atoms with van der Waals surface area (Å²) in [6, 6.07) is 3.88. The number of benzene rings is 1. The molecule has 2 N–H and O–H groups in total. The van der Waals surface area contributed by atoms with Crippen LogP contribution in [0.5, 0.6) is 11.5 Å². The molecule has 0 aliphatic rings. The van der Waals surface area contributed by atoms with E-state index in [1.54, 1.807) is 14.2 Å². The molecule has 0 aromatic heterocycles. The Hall–Kier alpha value is -1.75. The average molecular weight is 267 g/mol. The van der Waals surface area contributed by atoms with Gasteiger partial charge in [-0.2, -0.15) is 0 Å². The Balaban J connectivity index is 2.56. The Morgan fingerprint density at radius 2 is 1.89 bits per heavy atom. The van der Waals surface area contributed by atoms with Crippen molar-refractivity contribution in [2.45, 2.75) is 26.3 Å². The SMILES string of the molecule is COc1cc(C)c(CNCCCC(=O)O)cc1OC. The minimum atomic E-state index is -0.760. The van der Waals surface area contributed by atoms with Crippen LogP contribution < -0.4 is 14.8 Å². The van der Waals surface area contributed by atoms with Crippen molar-refractivity contribution in [2.24, 2.45) is 0 Å². The molecule has 0 radical (unpaired) electrons. The van der Waals surface area contributed by atoms with Crippen LogP contribution in [0.2, 0.25) is 0 Å². The summed E-state index contributed by atoms with van der Waals surface area (Å²) < 4.78 is 10.5. The minimum Gasteiger partial charge on any atom is -0.493 e.